The average Bonchev–Trinajstić information content (AvgIpc) is 3.24. The number of nitrogens with one attached hydrogen (secondary N) is 2. The van der Waals surface area contributed by atoms with Crippen LogP contribution >= 0.6 is 10.8 Å². The van der Waals surface area contributed by atoms with Crippen LogP contribution in [0.5, 0.6) is 5.88 Å². The lowest BCUT2D eigenvalue weighted by Crippen LogP contribution is -2.16. The third-order valence-corrected chi connectivity index (χ3v) is 6.95. The fourth-order valence-electron chi connectivity index (χ4n) is 3.87. The van der Waals surface area contributed by atoms with Gasteiger partial charge in [0, 0.05) is 35.2 Å². The Morgan fingerprint density at radius 3 is 2.66 bits per heavy atom. The molecule has 0 aromatic carbocycles. The number of hydrogen-bond donors (Lipinski definition) is 5. The SMILES string of the molecule is CCCCS(O)(O)Nc1cc(/C=C/c2c(NC3CCCC3)cc(N)nc2C)cnc1OC. The van der Waals surface area contributed by atoms with Crippen molar-refractivity contribution in [3.63, 3.8) is 0 Å². The Balaban J connectivity index is 1.86. The summed E-state index contributed by atoms with van der Waals surface area (Å²) in [5.41, 5.74) is 10.0. The van der Waals surface area contributed by atoms with Gasteiger partial charge in [-0.1, -0.05) is 38.3 Å². The largest absolute Gasteiger partial charge is 0.479 e. The molecule has 0 bridgehead atoms. The first-order valence-corrected chi connectivity index (χ1v) is 12.8. The first-order chi connectivity index (χ1) is 15.3. The molecule has 6 N–H and O–H groups in total. The molecule has 0 atom stereocenters. The van der Waals surface area contributed by atoms with Crippen molar-refractivity contribution in [2.24, 2.45) is 0 Å². The standard InChI is InChI=1S/C23H35N5O3S/c1-4-5-12-32(29,30)28-21-13-17(15-25-23(21)31-3)10-11-19-16(2)26-22(24)14-20(19)27-18-8-6-7-9-18/h10-11,13-15,18,28-30H,4-9,12H2,1-3H3,(H3,24,26,27)/b11-10+. The number of nitrogens with zero attached hydrogens (tertiary/aromatic N) is 2. The highest BCUT2D eigenvalue weighted by Gasteiger charge is 2.18. The van der Waals surface area contributed by atoms with Crippen LogP contribution in [0.4, 0.5) is 17.2 Å². The monoisotopic (exact) mass is 461 g/mol. The lowest BCUT2D eigenvalue weighted by Gasteiger charge is -2.33. The fourth-order valence-corrected chi connectivity index (χ4v) is 5.17. The Bertz CT molecular complexity index is 945. The third-order valence-electron chi connectivity index (χ3n) is 5.55. The van der Waals surface area contributed by atoms with E-state index in [0.717, 1.165) is 41.8 Å². The molecule has 1 aliphatic rings. The van der Waals surface area contributed by atoms with Crippen molar-refractivity contribution in [3.8, 4) is 5.88 Å². The van der Waals surface area contributed by atoms with Crippen molar-refractivity contribution in [1.29, 1.82) is 0 Å². The van der Waals surface area contributed by atoms with Gasteiger partial charge in [0.15, 0.2) is 0 Å². The highest BCUT2D eigenvalue weighted by Crippen LogP contribution is 2.42. The summed E-state index contributed by atoms with van der Waals surface area (Å²) in [6.45, 7) is 3.95. The number of ether oxygens (including phenoxy) is 1. The number of pyridine rings is 2. The maximum Gasteiger partial charge on any atom is 0.238 e. The second-order valence-electron chi connectivity index (χ2n) is 8.20. The van der Waals surface area contributed by atoms with Gasteiger partial charge in [-0.25, -0.2) is 9.97 Å². The summed E-state index contributed by atoms with van der Waals surface area (Å²) < 4.78 is 28.8. The number of nitrogen functional groups attached to an aromatic ring is 1. The molecule has 8 nitrogen and oxygen atoms in total. The lowest BCUT2D eigenvalue weighted by molar-refractivity contribution is 0.399. The maximum atomic E-state index is 10.4. The van der Waals surface area contributed by atoms with E-state index in [1.165, 1.54) is 20.0 Å². The first kappa shape index (κ1) is 24.2. The highest BCUT2D eigenvalue weighted by atomic mass is 32.3. The van der Waals surface area contributed by atoms with Gasteiger partial charge in [0.25, 0.3) is 0 Å². The molecule has 32 heavy (non-hydrogen) atoms. The molecule has 0 unspecified atom stereocenters. The molecule has 0 saturated heterocycles. The molecule has 2 aromatic heterocycles. The maximum absolute atomic E-state index is 10.4. The van der Waals surface area contributed by atoms with E-state index in [4.69, 9.17) is 10.5 Å². The number of hydrogen-bond acceptors (Lipinski definition) is 8. The molecule has 2 heterocycles. The van der Waals surface area contributed by atoms with Crippen molar-refractivity contribution >= 4 is 40.1 Å². The number of aryl methyl sites for hydroxylation is 1. The number of anilines is 3. The highest BCUT2D eigenvalue weighted by molar-refractivity contribution is 8.25. The normalized spacial score (nSPS) is 15.3. The zero-order valence-corrected chi connectivity index (χ0v) is 19.9. The van der Waals surface area contributed by atoms with E-state index in [2.05, 4.69) is 20.0 Å². The summed E-state index contributed by atoms with van der Waals surface area (Å²) in [6.07, 6.45) is 12.0. The Hall–Kier alpha value is -2.49. The van der Waals surface area contributed by atoms with Crippen LogP contribution in [0.3, 0.4) is 0 Å². The van der Waals surface area contributed by atoms with Crippen molar-refractivity contribution in [2.45, 2.75) is 58.4 Å². The quantitative estimate of drug-likeness (QED) is 0.301. The number of aromatic nitrogens is 2. The summed E-state index contributed by atoms with van der Waals surface area (Å²) >= 11 is 0. The summed E-state index contributed by atoms with van der Waals surface area (Å²) in [6, 6.07) is 4.13. The van der Waals surface area contributed by atoms with E-state index in [9.17, 15) is 9.11 Å². The Labute approximate surface area is 192 Å². The molecule has 2 aromatic rings. The molecule has 1 fully saturated rings. The summed E-state index contributed by atoms with van der Waals surface area (Å²) in [5.74, 6) is 1.08. The molecular weight excluding hydrogens is 426 g/mol. The van der Waals surface area contributed by atoms with Crippen LogP contribution in [0, 0.1) is 6.92 Å². The minimum absolute atomic E-state index is 0.277. The van der Waals surface area contributed by atoms with Gasteiger partial charge in [-0.05, 0) is 37.8 Å². The zero-order chi connectivity index (χ0) is 23.1. The van der Waals surface area contributed by atoms with Gasteiger partial charge in [-0.2, -0.15) is 0 Å². The van der Waals surface area contributed by atoms with E-state index in [-0.39, 0.29) is 5.75 Å². The van der Waals surface area contributed by atoms with Crippen LogP contribution < -0.4 is 20.5 Å². The van der Waals surface area contributed by atoms with Crippen LogP contribution in [0.25, 0.3) is 12.2 Å². The van der Waals surface area contributed by atoms with Gasteiger partial charge < -0.3 is 15.8 Å². The number of unbranched alkanes of at least 4 members (excludes halogenated alkanes) is 1. The molecule has 0 spiro atoms. The molecule has 1 aliphatic carbocycles. The number of nitrogens with two attached hydrogens (primary N) is 1. The molecule has 3 rings (SSSR count). The van der Waals surface area contributed by atoms with Crippen molar-refractivity contribution in [3.05, 3.63) is 35.2 Å². The summed E-state index contributed by atoms with van der Waals surface area (Å²) in [4.78, 5) is 8.74. The second kappa shape index (κ2) is 10.9. The minimum Gasteiger partial charge on any atom is -0.479 e. The third kappa shape index (κ3) is 6.51. The Kier molecular flexibility index (Phi) is 8.22. The fraction of sp³-hybridized carbons (Fsp3) is 0.478. The van der Waals surface area contributed by atoms with E-state index in [1.54, 1.807) is 12.3 Å². The summed E-state index contributed by atoms with van der Waals surface area (Å²) in [7, 11) is -1.47. The van der Waals surface area contributed by atoms with Crippen LogP contribution in [-0.2, 0) is 0 Å². The lowest BCUT2D eigenvalue weighted by atomic mass is 10.1. The predicted molar refractivity (Wildman–Crippen MR) is 135 cm³/mol. The smallest absolute Gasteiger partial charge is 0.238 e. The molecule has 0 amide bonds. The van der Waals surface area contributed by atoms with Crippen molar-refractivity contribution < 1.29 is 13.8 Å². The average molecular weight is 462 g/mol. The molecule has 1 saturated carbocycles. The Morgan fingerprint density at radius 2 is 1.97 bits per heavy atom. The molecule has 9 heteroatoms. The minimum atomic E-state index is -2.97. The van der Waals surface area contributed by atoms with Gasteiger partial charge in [-0.15, -0.1) is 10.8 Å². The molecule has 176 valence electrons. The van der Waals surface area contributed by atoms with E-state index in [0.29, 0.717) is 29.8 Å². The van der Waals surface area contributed by atoms with Gasteiger partial charge in [0.2, 0.25) is 5.88 Å². The second-order valence-corrected chi connectivity index (χ2v) is 10.2. The van der Waals surface area contributed by atoms with Crippen LogP contribution in [0.15, 0.2) is 18.3 Å². The Morgan fingerprint density at radius 1 is 1.22 bits per heavy atom. The first-order valence-electron chi connectivity index (χ1n) is 11.1. The molecule has 0 aliphatic heterocycles. The van der Waals surface area contributed by atoms with Gasteiger partial charge in [0.05, 0.1) is 12.9 Å². The zero-order valence-electron chi connectivity index (χ0n) is 19.1. The van der Waals surface area contributed by atoms with Gasteiger partial charge in [0.1, 0.15) is 11.5 Å². The molecular formula is C23H35N5O3S. The van der Waals surface area contributed by atoms with E-state index in [1.807, 2.05) is 32.1 Å². The van der Waals surface area contributed by atoms with Crippen molar-refractivity contribution in [2.75, 3.05) is 28.6 Å². The van der Waals surface area contributed by atoms with E-state index >= 15 is 0 Å². The topological polar surface area (TPSA) is 126 Å². The van der Waals surface area contributed by atoms with Crippen LogP contribution in [0.1, 0.15) is 62.3 Å². The number of methoxy groups -OCH3 is 1. The predicted octanol–water partition coefficient (Wildman–Crippen LogP) is 5.78. The van der Waals surface area contributed by atoms with E-state index < -0.39 is 10.8 Å². The number of rotatable bonds is 10. The van der Waals surface area contributed by atoms with Crippen LogP contribution in [-0.4, -0.2) is 38.0 Å². The van der Waals surface area contributed by atoms with Crippen LogP contribution in [0.2, 0.25) is 0 Å². The summed E-state index contributed by atoms with van der Waals surface area (Å²) in [5, 5.41) is 3.63. The molecule has 0 radical (unpaired) electrons. The van der Waals surface area contributed by atoms with Gasteiger partial charge >= 0.3 is 0 Å². The van der Waals surface area contributed by atoms with Gasteiger partial charge in [-0.3, -0.25) is 13.8 Å². The van der Waals surface area contributed by atoms with Crippen molar-refractivity contribution in [1.82, 2.24) is 9.97 Å².